The number of carbonyl (C=O) groups is 1. The van der Waals surface area contributed by atoms with Crippen molar-refractivity contribution in [3.8, 4) is 5.75 Å². The Bertz CT molecular complexity index is 828. The van der Waals surface area contributed by atoms with Gasteiger partial charge in [0.1, 0.15) is 18.1 Å². The Kier molecular flexibility index (Phi) is 11.8. The lowest BCUT2D eigenvalue weighted by atomic mass is 10.1. The molecule has 0 fully saturated rings. The van der Waals surface area contributed by atoms with Crippen molar-refractivity contribution < 1.29 is 13.9 Å². The monoisotopic (exact) mass is 528 g/mol. The Balaban J connectivity index is 0.00000450. The van der Waals surface area contributed by atoms with Crippen molar-refractivity contribution in [2.45, 2.75) is 26.8 Å². The molecule has 164 valence electrons. The van der Waals surface area contributed by atoms with E-state index in [1.54, 1.807) is 13.2 Å². The average molecular weight is 528 g/mol. The SMILES string of the molecule is CCNC(=NCC(=O)NCc1ccc(OC)cc1)NCCc1ccc(F)cc1C.I. The first-order valence-corrected chi connectivity index (χ1v) is 9.68. The summed E-state index contributed by atoms with van der Waals surface area (Å²) < 4.78 is 18.3. The van der Waals surface area contributed by atoms with E-state index in [-0.39, 0.29) is 42.2 Å². The average Bonchev–Trinajstić information content (AvgIpc) is 2.72. The number of aryl methyl sites for hydroxylation is 1. The molecule has 0 bridgehead atoms. The fraction of sp³-hybridized carbons (Fsp3) is 0.364. The molecule has 2 rings (SSSR count). The van der Waals surface area contributed by atoms with Gasteiger partial charge in [0.2, 0.25) is 5.91 Å². The van der Waals surface area contributed by atoms with E-state index in [9.17, 15) is 9.18 Å². The van der Waals surface area contributed by atoms with Crippen LogP contribution in [0.2, 0.25) is 0 Å². The third-order valence-electron chi connectivity index (χ3n) is 4.37. The number of amides is 1. The number of benzene rings is 2. The van der Waals surface area contributed by atoms with Crippen LogP contribution in [0.15, 0.2) is 47.5 Å². The fourth-order valence-electron chi connectivity index (χ4n) is 2.75. The first-order valence-electron chi connectivity index (χ1n) is 9.68. The minimum atomic E-state index is -0.227. The van der Waals surface area contributed by atoms with Crippen molar-refractivity contribution in [2.75, 3.05) is 26.7 Å². The molecule has 30 heavy (non-hydrogen) atoms. The van der Waals surface area contributed by atoms with Crippen molar-refractivity contribution in [1.82, 2.24) is 16.0 Å². The first-order chi connectivity index (χ1) is 14.0. The summed E-state index contributed by atoms with van der Waals surface area (Å²) in [4.78, 5) is 16.4. The maximum Gasteiger partial charge on any atom is 0.242 e. The van der Waals surface area contributed by atoms with Crippen LogP contribution in [0.5, 0.6) is 5.75 Å². The van der Waals surface area contributed by atoms with Crippen LogP contribution in [0.4, 0.5) is 4.39 Å². The lowest BCUT2D eigenvalue weighted by Crippen LogP contribution is -2.39. The van der Waals surface area contributed by atoms with Gasteiger partial charge in [0.05, 0.1) is 7.11 Å². The summed E-state index contributed by atoms with van der Waals surface area (Å²) in [6.45, 7) is 5.64. The van der Waals surface area contributed by atoms with Crippen LogP contribution < -0.4 is 20.7 Å². The van der Waals surface area contributed by atoms with Crippen LogP contribution in [0.1, 0.15) is 23.6 Å². The van der Waals surface area contributed by atoms with Crippen molar-refractivity contribution in [2.24, 2.45) is 4.99 Å². The second kappa shape index (κ2) is 13.8. The number of nitrogens with zero attached hydrogens (tertiary/aromatic N) is 1. The molecule has 0 unspecified atom stereocenters. The van der Waals surface area contributed by atoms with E-state index in [1.807, 2.05) is 38.1 Å². The minimum Gasteiger partial charge on any atom is -0.497 e. The molecule has 0 aliphatic rings. The minimum absolute atomic E-state index is 0. The number of hydrogen-bond donors (Lipinski definition) is 3. The molecule has 6 nitrogen and oxygen atoms in total. The largest absolute Gasteiger partial charge is 0.497 e. The molecule has 3 N–H and O–H groups in total. The molecule has 0 spiro atoms. The summed E-state index contributed by atoms with van der Waals surface area (Å²) in [7, 11) is 1.62. The van der Waals surface area contributed by atoms with Crippen LogP contribution in [-0.2, 0) is 17.8 Å². The Morgan fingerprint density at radius 2 is 1.83 bits per heavy atom. The number of ether oxygens (including phenoxy) is 1. The highest BCUT2D eigenvalue weighted by molar-refractivity contribution is 14.0. The zero-order valence-electron chi connectivity index (χ0n) is 17.6. The van der Waals surface area contributed by atoms with Gasteiger partial charge in [-0.1, -0.05) is 18.2 Å². The molecule has 0 aliphatic carbocycles. The van der Waals surface area contributed by atoms with Gasteiger partial charge in [0.15, 0.2) is 5.96 Å². The zero-order valence-corrected chi connectivity index (χ0v) is 20.0. The number of rotatable bonds is 9. The van der Waals surface area contributed by atoms with Gasteiger partial charge in [-0.25, -0.2) is 9.38 Å². The number of methoxy groups -OCH3 is 1. The van der Waals surface area contributed by atoms with Gasteiger partial charge in [-0.05, 0) is 61.2 Å². The molecule has 2 aromatic carbocycles. The van der Waals surface area contributed by atoms with E-state index in [1.165, 1.54) is 12.1 Å². The Morgan fingerprint density at radius 3 is 2.47 bits per heavy atom. The Hall–Kier alpha value is -2.36. The second-order valence-corrected chi connectivity index (χ2v) is 6.57. The normalized spacial score (nSPS) is 10.7. The topological polar surface area (TPSA) is 74.8 Å². The van der Waals surface area contributed by atoms with Gasteiger partial charge in [-0.15, -0.1) is 24.0 Å². The quantitative estimate of drug-likeness (QED) is 0.266. The molecule has 0 heterocycles. The van der Waals surface area contributed by atoms with Gasteiger partial charge < -0.3 is 20.7 Å². The highest BCUT2D eigenvalue weighted by Crippen LogP contribution is 2.11. The number of nitrogens with one attached hydrogen (secondary N) is 3. The van der Waals surface area contributed by atoms with Gasteiger partial charge in [0, 0.05) is 19.6 Å². The first kappa shape index (κ1) is 25.7. The molecular weight excluding hydrogens is 498 g/mol. The summed E-state index contributed by atoms with van der Waals surface area (Å²) in [5, 5.41) is 9.17. The maximum absolute atomic E-state index is 13.2. The van der Waals surface area contributed by atoms with Crippen molar-refractivity contribution in [3.05, 3.63) is 65.0 Å². The molecule has 0 aromatic heterocycles. The van der Waals surface area contributed by atoms with Gasteiger partial charge in [-0.3, -0.25) is 4.79 Å². The zero-order chi connectivity index (χ0) is 21.1. The van der Waals surface area contributed by atoms with Crippen molar-refractivity contribution in [3.63, 3.8) is 0 Å². The van der Waals surface area contributed by atoms with Gasteiger partial charge in [0.25, 0.3) is 0 Å². The molecule has 0 saturated carbocycles. The van der Waals surface area contributed by atoms with Crippen molar-refractivity contribution >= 4 is 35.8 Å². The molecule has 0 radical (unpaired) electrons. The number of guanidine groups is 1. The molecule has 2 aromatic rings. The maximum atomic E-state index is 13.2. The number of aliphatic imine (C=N–C) groups is 1. The summed E-state index contributed by atoms with van der Waals surface area (Å²) in [6, 6.07) is 12.3. The van der Waals surface area contributed by atoms with E-state index in [0.717, 1.165) is 28.9 Å². The molecule has 0 aliphatic heterocycles. The van der Waals surface area contributed by atoms with Crippen molar-refractivity contribution in [1.29, 1.82) is 0 Å². The lowest BCUT2D eigenvalue weighted by molar-refractivity contribution is -0.119. The van der Waals surface area contributed by atoms with E-state index in [0.29, 0.717) is 25.6 Å². The predicted octanol–water partition coefficient (Wildman–Crippen LogP) is 3.17. The number of hydrogen-bond acceptors (Lipinski definition) is 3. The summed E-state index contributed by atoms with van der Waals surface area (Å²) in [5.41, 5.74) is 2.99. The fourth-order valence-corrected chi connectivity index (χ4v) is 2.75. The smallest absolute Gasteiger partial charge is 0.242 e. The van der Waals surface area contributed by atoms with Crippen LogP contribution in [-0.4, -0.2) is 38.6 Å². The van der Waals surface area contributed by atoms with Crippen LogP contribution in [0.3, 0.4) is 0 Å². The standard InChI is InChI=1S/C22H29FN4O2.HI/c1-4-24-22(25-12-11-18-7-8-19(23)13-16(18)2)27-15-21(28)26-14-17-5-9-20(29-3)10-6-17;/h5-10,13H,4,11-12,14-15H2,1-3H3,(H,26,28)(H2,24,25,27);1H. The number of halogens is 2. The van der Waals surface area contributed by atoms with E-state index >= 15 is 0 Å². The predicted molar refractivity (Wildman–Crippen MR) is 129 cm³/mol. The summed E-state index contributed by atoms with van der Waals surface area (Å²) in [5.74, 6) is 0.968. The lowest BCUT2D eigenvalue weighted by Gasteiger charge is -2.12. The molecule has 0 saturated heterocycles. The third-order valence-corrected chi connectivity index (χ3v) is 4.37. The van der Waals surface area contributed by atoms with Gasteiger partial charge in [-0.2, -0.15) is 0 Å². The third kappa shape index (κ3) is 8.98. The molecule has 1 amide bonds. The summed E-state index contributed by atoms with van der Waals surface area (Å²) >= 11 is 0. The molecular formula is C22H30FIN4O2. The van der Waals surface area contributed by atoms with Crippen LogP contribution >= 0.6 is 24.0 Å². The van der Waals surface area contributed by atoms with E-state index in [2.05, 4.69) is 20.9 Å². The van der Waals surface area contributed by atoms with Gasteiger partial charge >= 0.3 is 0 Å². The Morgan fingerprint density at radius 1 is 1.10 bits per heavy atom. The van der Waals surface area contributed by atoms with Crippen LogP contribution in [0.25, 0.3) is 0 Å². The highest BCUT2D eigenvalue weighted by Gasteiger charge is 2.04. The van der Waals surface area contributed by atoms with Crippen LogP contribution in [0, 0.1) is 12.7 Å². The van der Waals surface area contributed by atoms with E-state index < -0.39 is 0 Å². The Labute approximate surface area is 194 Å². The second-order valence-electron chi connectivity index (χ2n) is 6.57. The molecule has 8 heteroatoms. The number of carbonyl (C=O) groups excluding carboxylic acids is 1. The highest BCUT2D eigenvalue weighted by atomic mass is 127. The molecule has 0 atom stereocenters. The summed E-state index contributed by atoms with van der Waals surface area (Å²) in [6.07, 6.45) is 0.736. The van der Waals surface area contributed by atoms with E-state index in [4.69, 9.17) is 4.74 Å².